The van der Waals surface area contributed by atoms with E-state index in [0.29, 0.717) is 23.5 Å². The lowest BCUT2D eigenvalue weighted by Gasteiger charge is -2.12. The first-order chi connectivity index (χ1) is 13.5. The van der Waals surface area contributed by atoms with Crippen LogP contribution in [0.2, 0.25) is 0 Å². The SMILES string of the molecule is CCCCc1cc(=O)oc2c(C)c(OCc3ccc(C(=O)OC)cc3)ccc12. The number of methoxy groups -OCH3 is 1. The molecule has 0 saturated carbocycles. The van der Waals surface area contributed by atoms with Gasteiger partial charge in [-0.1, -0.05) is 25.5 Å². The number of esters is 1. The van der Waals surface area contributed by atoms with Crippen molar-refractivity contribution in [1.82, 2.24) is 0 Å². The van der Waals surface area contributed by atoms with E-state index in [2.05, 4.69) is 6.92 Å². The summed E-state index contributed by atoms with van der Waals surface area (Å²) in [5.41, 5.74) is 3.48. The molecule has 3 aromatic rings. The number of unbranched alkanes of at least 4 members (excludes halogenated alkanes) is 1. The van der Waals surface area contributed by atoms with Gasteiger partial charge in [-0.05, 0) is 55.2 Å². The number of rotatable bonds is 7. The van der Waals surface area contributed by atoms with Crippen molar-refractivity contribution < 1.29 is 18.7 Å². The molecule has 0 saturated heterocycles. The van der Waals surface area contributed by atoms with Gasteiger partial charge in [0.05, 0.1) is 12.7 Å². The minimum Gasteiger partial charge on any atom is -0.488 e. The van der Waals surface area contributed by atoms with Crippen molar-refractivity contribution in [2.75, 3.05) is 7.11 Å². The number of fused-ring (bicyclic) bond motifs is 1. The molecular formula is C23H24O5. The molecule has 1 heterocycles. The lowest BCUT2D eigenvalue weighted by molar-refractivity contribution is 0.0600. The number of benzene rings is 2. The van der Waals surface area contributed by atoms with Gasteiger partial charge in [0.15, 0.2) is 0 Å². The van der Waals surface area contributed by atoms with Gasteiger partial charge in [-0.3, -0.25) is 0 Å². The van der Waals surface area contributed by atoms with Crippen LogP contribution in [-0.4, -0.2) is 13.1 Å². The van der Waals surface area contributed by atoms with Crippen LogP contribution in [0.5, 0.6) is 5.75 Å². The Morgan fingerprint density at radius 1 is 1.11 bits per heavy atom. The zero-order valence-electron chi connectivity index (χ0n) is 16.4. The largest absolute Gasteiger partial charge is 0.488 e. The summed E-state index contributed by atoms with van der Waals surface area (Å²) in [5.74, 6) is 0.298. The van der Waals surface area contributed by atoms with Crippen LogP contribution >= 0.6 is 0 Å². The highest BCUT2D eigenvalue weighted by Crippen LogP contribution is 2.29. The summed E-state index contributed by atoms with van der Waals surface area (Å²) in [7, 11) is 1.36. The highest BCUT2D eigenvalue weighted by molar-refractivity contribution is 5.89. The van der Waals surface area contributed by atoms with Crippen LogP contribution in [0.3, 0.4) is 0 Å². The Labute approximate surface area is 163 Å². The summed E-state index contributed by atoms with van der Waals surface area (Å²) in [6.45, 7) is 4.36. The number of aryl methyl sites for hydroxylation is 2. The predicted molar refractivity (Wildman–Crippen MR) is 108 cm³/mol. The highest BCUT2D eigenvalue weighted by atomic mass is 16.5. The molecule has 0 fully saturated rings. The Morgan fingerprint density at radius 3 is 2.54 bits per heavy atom. The zero-order chi connectivity index (χ0) is 20.1. The van der Waals surface area contributed by atoms with Gasteiger partial charge in [-0.2, -0.15) is 0 Å². The van der Waals surface area contributed by atoms with Crippen LogP contribution in [0.1, 0.15) is 46.8 Å². The Hall–Kier alpha value is -3.08. The minimum atomic E-state index is -0.369. The van der Waals surface area contributed by atoms with Gasteiger partial charge in [0.1, 0.15) is 17.9 Å². The van der Waals surface area contributed by atoms with E-state index in [-0.39, 0.29) is 11.6 Å². The van der Waals surface area contributed by atoms with Crippen molar-refractivity contribution in [2.24, 2.45) is 0 Å². The molecule has 5 heteroatoms. The Bertz CT molecular complexity index is 1030. The quantitative estimate of drug-likeness (QED) is 0.435. The van der Waals surface area contributed by atoms with Crippen molar-refractivity contribution in [2.45, 2.75) is 39.7 Å². The van der Waals surface area contributed by atoms with Crippen LogP contribution in [0.25, 0.3) is 11.0 Å². The second-order valence-corrected chi connectivity index (χ2v) is 6.74. The van der Waals surface area contributed by atoms with Gasteiger partial charge in [0.25, 0.3) is 0 Å². The summed E-state index contributed by atoms with van der Waals surface area (Å²) < 4.78 is 16.1. The van der Waals surface area contributed by atoms with Crippen LogP contribution in [0.15, 0.2) is 51.7 Å². The summed E-state index contributed by atoms with van der Waals surface area (Å²) >= 11 is 0. The molecule has 3 rings (SSSR count). The fourth-order valence-corrected chi connectivity index (χ4v) is 3.15. The van der Waals surface area contributed by atoms with Crippen molar-refractivity contribution in [3.05, 3.63) is 75.1 Å². The van der Waals surface area contributed by atoms with Crippen LogP contribution in [-0.2, 0) is 17.8 Å². The maximum atomic E-state index is 12.0. The third kappa shape index (κ3) is 4.25. The maximum Gasteiger partial charge on any atom is 0.337 e. The molecule has 2 aromatic carbocycles. The van der Waals surface area contributed by atoms with Gasteiger partial charge in [0, 0.05) is 17.0 Å². The molecule has 5 nitrogen and oxygen atoms in total. The molecule has 0 aliphatic carbocycles. The van der Waals surface area contributed by atoms with Gasteiger partial charge < -0.3 is 13.9 Å². The second-order valence-electron chi connectivity index (χ2n) is 6.74. The lowest BCUT2D eigenvalue weighted by Crippen LogP contribution is -2.04. The number of carbonyl (C=O) groups is 1. The summed E-state index contributed by atoms with van der Waals surface area (Å²) in [4.78, 5) is 23.5. The van der Waals surface area contributed by atoms with Crippen LogP contribution in [0.4, 0.5) is 0 Å². The number of carbonyl (C=O) groups excluding carboxylic acids is 1. The van der Waals surface area contributed by atoms with Crippen molar-refractivity contribution in [1.29, 1.82) is 0 Å². The maximum absolute atomic E-state index is 12.0. The van der Waals surface area contributed by atoms with Crippen molar-refractivity contribution >= 4 is 16.9 Å². The molecule has 146 valence electrons. The van der Waals surface area contributed by atoms with Crippen molar-refractivity contribution in [3.63, 3.8) is 0 Å². The fourth-order valence-electron chi connectivity index (χ4n) is 3.15. The number of ether oxygens (including phenoxy) is 2. The molecule has 0 aliphatic rings. The molecule has 0 amide bonds. The Morgan fingerprint density at radius 2 is 1.86 bits per heavy atom. The van der Waals surface area contributed by atoms with Gasteiger partial charge >= 0.3 is 11.6 Å². The summed E-state index contributed by atoms with van der Waals surface area (Å²) in [5, 5.41) is 0.959. The average Bonchev–Trinajstić information content (AvgIpc) is 2.71. The zero-order valence-corrected chi connectivity index (χ0v) is 16.4. The molecule has 0 atom stereocenters. The first-order valence-electron chi connectivity index (χ1n) is 9.40. The average molecular weight is 380 g/mol. The van der Waals surface area contributed by atoms with Gasteiger partial charge in [-0.25, -0.2) is 9.59 Å². The summed E-state index contributed by atoms with van der Waals surface area (Å²) in [6.07, 6.45) is 2.94. The number of hydrogen-bond donors (Lipinski definition) is 0. The first-order valence-corrected chi connectivity index (χ1v) is 9.40. The van der Waals surface area contributed by atoms with E-state index >= 15 is 0 Å². The van der Waals surface area contributed by atoms with E-state index in [9.17, 15) is 9.59 Å². The van der Waals surface area contributed by atoms with E-state index in [1.54, 1.807) is 18.2 Å². The third-order valence-electron chi connectivity index (χ3n) is 4.77. The van der Waals surface area contributed by atoms with E-state index in [0.717, 1.165) is 41.3 Å². The van der Waals surface area contributed by atoms with E-state index < -0.39 is 0 Å². The second kappa shape index (κ2) is 8.74. The predicted octanol–water partition coefficient (Wildman–Crippen LogP) is 4.81. The molecule has 0 aliphatic heterocycles. The summed E-state index contributed by atoms with van der Waals surface area (Å²) in [6, 6.07) is 12.5. The van der Waals surface area contributed by atoms with Gasteiger partial charge in [0.2, 0.25) is 0 Å². The molecule has 0 unspecified atom stereocenters. The smallest absolute Gasteiger partial charge is 0.337 e. The molecule has 0 radical (unpaired) electrons. The molecule has 0 N–H and O–H groups in total. The Balaban J connectivity index is 1.83. The molecular weight excluding hydrogens is 356 g/mol. The van der Waals surface area contributed by atoms with E-state index in [1.165, 1.54) is 7.11 Å². The third-order valence-corrected chi connectivity index (χ3v) is 4.77. The van der Waals surface area contributed by atoms with E-state index in [1.807, 2.05) is 31.2 Å². The van der Waals surface area contributed by atoms with Crippen LogP contribution < -0.4 is 10.4 Å². The molecule has 28 heavy (non-hydrogen) atoms. The molecule has 0 bridgehead atoms. The Kier molecular flexibility index (Phi) is 6.14. The minimum absolute atomic E-state index is 0.336. The van der Waals surface area contributed by atoms with Crippen LogP contribution in [0, 0.1) is 6.92 Å². The monoisotopic (exact) mass is 380 g/mol. The number of hydrogen-bond acceptors (Lipinski definition) is 5. The first kappa shape index (κ1) is 19.7. The van der Waals surface area contributed by atoms with E-state index in [4.69, 9.17) is 13.9 Å². The molecule has 0 spiro atoms. The van der Waals surface area contributed by atoms with Gasteiger partial charge in [-0.15, -0.1) is 0 Å². The standard InChI is InChI=1S/C23H24O5/c1-4-5-6-18-13-21(24)28-22-15(2)20(12-11-19(18)22)27-14-16-7-9-17(10-8-16)23(25)26-3/h7-13H,4-6,14H2,1-3H3. The highest BCUT2D eigenvalue weighted by Gasteiger charge is 2.12. The fraction of sp³-hybridized carbons (Fsp3) is 0.304. The lowest BCUT2D eigenvalue weighted by atomic mass is 10.0. The topological polar surface area (TPSA) is 65.7 Å². The normalized spacial score (nSPS) is 10.8. The molecule has 1 aromatic heterocycles. The van der Waals surface area contributed by atoms with Crippen molar-refractivity contribution in [3.8, 4) is 5.75 Å².